The van der Waals surface area contributed by atoms with Gasteiger partial charge in [-0.15, -0.1) is 0 Å². The standard InChI is InChI=1S/C18H22F3NO4/c1-17(2)16(24)15(22-8-4-3-5-14(22)23)12-9-11(6-7-13(12)26-17)25-10-18(19,20)21/h6-7,9,15-16,24H,3-5,8,10H2,1-2H3/t15-,16+/m0/s1. The maximum Gasteiger partial charge on any atom is 0.422 e. The van der Waals surface area contributed by atoms with E-state index in [0.717, 1.165) is 12.8 Å². The van der Waals surface area contributed by atoms with Crippen molar-refractivity contribution in [2.24, 2.45) is 0 Å². The number of hydrogen-bond donors (Lipinski definition) is 1. The Hall–Kier alpha value is -1.96. The van der Waals surface area contributed by atoms with E-state index in [1.165, 1.54) is 18.2 Å². The molecule has 0 aliphatic carbocycles. The van der Waals surface area contributed by atoms with Crippen LogP contribution in [0.4, 0.5) is 13.2 Å². The molecule has 8 heteroatoms. The summed E-state index contributed by atoms with van der Waals surface area (Å²) in [5.74, 6) is 0.375. The largest absolute Gasteiger partial charge is 0.485 e. The molecule has 0 spiro atoms. The fraction of sp³-hybridized carbons (Fsp3) is 0.611. The highest BCUT2D eigenvalue weighted by molar-refractivity contribution is 5.77. The van der Waals surface area contributed by atoms with Gasteiger partial charge in [0.05, 0.1) is 6.04 Å². The van der Waals surface area contributed by atoms with Crippen LogP contribution in [0.5, 0.6) is 11.5 Å². The van der Waals surface area contributed by atoms with Gasteiger partial charge in [0.1, 0.15) is 23.2 Å². The molecule has 2 atom stereocenters. The monoisotopic (exact) mass is 373 g/mol. The molecule has 1 fully saturated rings. The third kappa shape index (κ3) is 3.75. The number of piperidine rings is 1. The molecule has 0 radical (unpaired) electrons. The minimum Gasteiger partial charge on any atom is -0.485 e. The van der Waals surface area contributed by atoms with Crippen LogP contribution in [0.3, 0.4) is 0 Å². The Morgan fingerprint density at radius 3 is 2.73 bits per heavy atom. The number of hydrogen-bond acceptors (Lipinski definition) is 4. The molecule has 2 heterocycles. The first kappa shape index (κ1) is 18.8. The summed E-state index contributed by atoms with van der Waals surface area (Å²) in [6.45, 7) is 2.52. The first-order valence-corrected chi connectivity index (χ1v) is 8.58. The molecular formula is C18H22F3NO4. The van der Waals surface area contributed by atoms with Crippen LogP contribution in [0.15, 0.2) is 18.2 Å². The molecule has 1 aromatic rings. The van der Waals surface area contributed by atoms with Gasteiger partial charge >= 0.3 is 6.18 Å². The topological polar surface area (TPSA) is 59.0 Å². The number of aliphatic hydroxyl groups is 1. The van der Waals surface area contributed by atoms with Crippen molar-refractivity contribution in [2.45, 2.75) is 57.0 Å². The van der Waals surface area contributed by atoms with Gasteiger partial charge in [0.25, 0.3) is 0 Å². The smallest absolute Gasteiger partial charge is 0.422 e. The Bertz CT molecular complexity index is 690. The van der Waals surface area contributed by atoms with Crippen molar-refractivity contribution in [1.29, 1.82) is 0 Å². The average molecular weight is 373 g/mol. The molecule has 5 nitrogen and oxygen atoms in total. The number of amides is 1. The van der Waals surface area contributed by atoms with E-state index in [4.69, 9.17) is 9.47 Å². The van der Waals surface area contributed by atoms with Gasteiger partial charge in [-0.2, -0.15) is 13.2 Å². The van der Waals surface area contributed by atoms with Gasteiger partial charge in [-0.3, -0.25) is 4.79 Å². The molecule has 144 valence electrons. The Morgan fingerprint density at radius 1 is 1.35 bits per heavy atom. The number of halogens is 3. The minimum absolute atomic E-state index is 0.0195. The van der Waals surface area contributed by atoms with E-state index in [2.05, 4.69) is 0 Å². The fourth-order valence-corrected chi connectivity index (χ4v) is 3.46. The molecule has 1 amide bonds. The van der Waals surface area contributed by atoms with Gasteiger partial charge in [0.2, 0.25) is 5.91 Å². The van der Waals surface area contributed by atoms with E-state index in [0.29, 0.717) is 24.3 Å². The van der Waals surface area contributed by atoms with E-state index in [-0.39, 0.29) is 11.7 Å². The van der Waals surface area contributed by atoms with E-state index in [1.54, 1.807) is 18.7 Å². The number of nitrogens with zero attached hydrogens (tertiary/aromatic N) is 1. The number of carbonyl (C=O) groups is 1. The summed E-state index contributed by atoms with van der Waals surface area (Å²) in [5.41, 5.74) is -0.476. The molecule has 2 aliphatic heterocycles. The van der Waals surface area contributed by atoms with Gasteiger partial charge in [0.15, 0.2) is 6.61 Å². The predicted molar refractivity (Wildman–Crippen MR) is 87.0 cm³/mol. The lowest BCUT2D eigenvalue weighted by Crippen LogP contribution is -2.55. The maximum absolute atomic E-state index is 12.4. The number of fused-ring (bicyclic) bond motifs is 1. The maximum atomic E-state index is 12.4. The quantitative estimate of drug-likeness (QED) is 0.884. The minimum atomic E-state index is -4.45. The SMILES string of the molecule is CC1(C)Oc2ccc(OCC(F)(F)F)cc2[C@H](N2CCCCC2=O)[C@H]1O. The second-order valence-corrected chi connectivity index (χ2v) is 7.24. The van der Waals surface area contributed by atoms with Crippen LogP contribution in [-0.4, -0.2) is 46.9 Å². The summed E-state index contributed by atoms with van der Waals surface area (Å²) in [6, 6.07) is 3.66. The number of ether oxygens (including phenoxy) is 2. The summed E-state index contributed by atoms with van der Waals surface area (Å²) in [4.78, 5) is 14.0. The highest BCUT2D eigenvalue weighted by atomic mass is 19.4. The summed E-state index contributed by atoms with van der Waals surface area (Å²) >= 11 is 0. The number of aliphatic hydroxyl groups excluding tert-OH is 1. The summed E-state index contributed by atoms with van der Waals surface area (Å²) in [5, 5.41) is 10.8. The molecular weight excluding hydrogens is 351 g/mol. The van der Waals surface area contributed by atoms with Crippen LogP contribution in [0.2, 0.25) is 0 Å². The Morgan fingerprint density at radius 2 is 2.08 bits per heavy atom. The van der Waals surface area contributed by atoms with Crippen molar-refractivity contribution in [1.82, 2.24) is 4.90 Å². The lowest BCUT2D eigenvalue weighted by molar-refractivity contribution is -0.153. The van der Waals surface area contributed by atoms with E-state index < -0.39 is 30.5 Å². The number of benzene rings is 1. The van der Waals surface area contributed by atoms with Crippen LogP contribution >= 0.6 is 0 Å². The molecule has 2 aliphatic rings. The Labute approximate surface area is 149 Å². The summed E-state index contributed by atoms with van der Waals surface area (Å²) < 4.78 is 47.9. The predicted octanol–water partition coefficient (Wildman–Crippen LogP) is 3.21. The van der Waals surface area contributed by atoms with Gasteiger partial charge in [-0.25, -0.2) is 0 Å². The second-order valence-electron chi connectivity index (χ2n) is 7.24. The highest BCUT2D eigenvalue weighted by Crippen LogP contribution is 2.45. The molecule has 26 heavy (non-hydrogen) atoms. The van der Waals surface area contributed by atoms with Crippen molar-refractivity contribution in [2.75, 3.05) is 13.2 Å². The van der Waals surface area contributed by atoms with E-state index in [9.17, 15) is 23.1 Å². The number of carbonyl (C=O) groups excluding carboxylic acids is 1. The number of likely N-dealkylation sites (tertiary alicyclic amines) is 1. The second kappa shape index (κ2) is 6.64. The molecule has 0 saturated carbocycles. The summed E-state index contributed by atoms with van der Waals surface area (Å²) in [6.07, 6.45) is -3.47. The normalized spacial score (nSPS) is 25.5. The van der Waals surface area contributed by atoms with E-state index in [1.807, 2.05) is 0 Å². The third-order valence-corrected chi connectivity index (χ3v) is 4.78. The molecule has 3 rings (SSSR count). The molecule has 0 unspecified atom stereocenters. The molecule has 1 aromatic carbocycles. The molecule has 0 bridgehead atoms. The number of rotatable bonds is 3. The van der Waals surface area contributed by atoms with E-state index >= 15 is 0 Å². The first-order chi connectivity index (χ1) is 12.1. The zero-order valence-electron chi connectivity index (χ0n) is 14.7. The van der Waals surface area contributed by atoms with Crippen LogP contribution in [0.1, 0.15) is 44.7 Å². The third-order valence-electron chi connectivity index (χ3n) is 4.78. The zero-order valence-corrected chi connectivity index (χ0v) is 14.7. The Kier molecular flexibility index (Phi) is 4.81. The lowest BCUT2D eigenvalue weighted by Gasteiger charge is -2.47. The Balaban J connectivity index is 1.97. The lowest BCUT2D eigenvalue weighted by atomic mass is 9.84. The van der Waals surface area contributed by atoms with Gasteiger partial charge in [-0.05, 0) is 44.9 Å². The van der Waals surface area contributed by atoms with Crippen LogP contribution in [0, 0.1) is 0 Å². The molecule has 1 saturated heterocycles. The van der Waals surface area contributed by atoms with Crippen LogP contribution < -0.4 is 9.47 Å². The van der Waals surface area contributed by atoms with Crippen molar-refractivity contribution >= 4 is 5.91 Å². The van der Waals surface area contributed by atoms with Crippen LogP contribution in [0.25, 0.3) is 0 Å². The van der Waals surface area contributed by atoms with Gasteiger partial charge < -0.3 is 19.5 Å². The fourth-order valence-electron chi connectivity index (χ4n) is 3.46. The van der Waals surface area contributed by atoms with Crippen molar-refractivity contribution in [3.63, 3.8) is 0 Å². The van der Waals surface area contributed by atoms with Gasteiger partial charge in [0, 0.05) is 18.5 Å². The van der Waals surface area contributed by atoms with Crippen molar-refractivity contribution in [3.8, 4) is 11.5 Å². The first-order valence-electron chi connectivity index (χ1n) is 8.58. The summed E-state index contributed by atoms with van der Waals surface area (Å²) in [7, 11) is 0. The average Bonchev–Trinajstić information content (AvgIpc) is 2.55. The highest BCUT2D eigenvalue weighted by Gasteiger charge is 2.47. The zero-order chi connectivity index (χ0) is 19.1. The molecule has 0 aromatic heterocycles. The van der Waals surface area contributed by atoms with Crippen molar-refractivity contribution < 1.29 is 32.5 Å². The van der Waals surface area contributed by atoms with Gasteiger partial charge in [-0.1, -0.05) is 0 Å². The van der Waals surface area contributed by atoms with Crippen LogP contribution in [-0.2, 0) is 4.79 Å². The number of alkyl halides is 3. The molecule has 1 N–H and O–H groups in total. The van der Waals surface area contributed by atoms with Crippen molar-refractivity contribution in [3.05, 3.63) is 23.8 Å².